The molecule has 0 radical (unpaired) electrons. The molecular formula is C13H27N3O. The lowest BCUT2D eigenvalue weighted by atomic mass is 9.89. The fourth-order valence-corrected chi connectivity index (χ4v) is 2.61. The molecule has 0 atom stereocenters. The molecular weight excluding hydrogens is 214 g/mol. The standard InChI is InChI=1S/C13H27N3O/c1-15-6-8-16(9-7-15)5-3-4-14-12-10-13(11-12)17-2/h12-14H,3-11H2,1-2H3. The Kier molecular flexibility index (Phi) is 5.22. The van der Waals surface area contributed by atoms with Gasteiger partial charge < -0.3 is 19.9 Å². The van der Waals surface area contributed by atoms with E-state index in [1.54, 1.807) is 0 Å². The highest BCUT2D eigenvalue weighted by molar-refractivity contribution is 4.85. The molecule has 1 saturated heterocycles. The maximum absolute atomic E-state index is 5.28. The van der Waals surface area contributed by atoms with Crippen molar-refractivity contribution < 1.29 is 4.74 Å². The van der Waals surface area contributed by atoms with Crippen LogP contribution in [0, 0.1) is 0 Å². The highest BCUT2D eigenvalue weighted by Crippen LogP contribution is 2.22. The summed E-state index contributed by atoms with van der Waals surface area (Å²) in [5, 5.41) is 3.61. The number of ether oxygens (including phenoxy) is 1. The molecule has 1 aliphatic carbocycles. The predicted molar refractivity (Wildman–Crippen MR) is 70.4 cm³/mol. The van der Waals surface area contributed by atoms with Crippen molar-refractivity contribution in [3.8, 4) is 0 Å². The Labute approximate surface area is 105 Å². The van der Waals surface area contributed by atoms with E-state index in [2.05, 4.69) is 22.2 Å². The van der Waals surface area contributed by atoms with Crippen molar-refractivity contribution in [3.63, 3.8) is 0 Å². The molecule has 0 amide bonds. The Balaban J connectivity index is 1.44. The number of methoxy groups -OCH3 is 1. The normalized spacial score (nSPS) is 31.4. The second-order valence-corrected chi connectivity index (χ2v) is 5.48. The van der Waals surface area contributed by atoms with Crippen molar-refractivity contribution in [2.75, 3.05) is 53.4 Å². The fourth-order valence-electron chi connectivity index (χ4n) is 2.61. The quantitative estimate of drug-likeness (QED) is 0.681. The summed E-state index contributed by atoms with van der Waals surface area (Å²) in [4.78, 5) is 4.99. The molecule has 0 unspecified atom stereocenters. The van der Waals surface area contributed by atoms with Gasteiger partial charge in [0.1, 0.15) is 0 Å². The minimum Gasteiger partial charge on any atom is -0.381 e. The molecule has 0 aromatic rings. The topological polar surface area (TPSA) is 27.7 Å². The van der Waals surface area contributed by atoms with E-state index in [1.165, 1.54) is 52.0 Å². The summed E-state index contributed by atoms with van der Waals surface area (Å²) in [6, 6.07) is 0.715. The molecule has 1 aliphatic heterocycles. The van der Waals surface area contributed by atoms with Gasteiger partial charge >= 0.3 is 0 Å². The van der Waals surface area contributed by atoms with Crippen LogP contribution in [0.3, 0.4) is 0 Å². The van der Waals surface area contributed by atoms with Crippen molar-refractivity contribution in [2.45, 2.75) is 31.4 Å². The molecule has 1 N–H and O–H groups in total. The first-order valence-corrected chi connectivity index (χ1v) is 6.95. The van der Waals surface area contributed by atoms with Crippen LogP contribution in [-0.2, 0) is 4.74 Å². The van der Waals surface area contributed by atoms with E-state index in [1.807, 2.05) is 7.11 Å². The predicted octanol–water partition coefficient (Wildman–Crippen LogP) is 0.391. The van der Waals surface area contributed by atoms with Gasteiger partial charge in [0.05, 0.1) is 6.10 Å². The van der Waals surface area contributed by atoms with Crippen LogP contribution >= 0.6 is 0 Å². The van der Waals surface area contributed by atoms with Crippen LogP contribution in [0.5, 0.6) is 0 Å². The van der Waals surface area contributed by atoms with Crippen LogP contribution in [0.2, 0.25) is 0 Å². The average Bonchev–Trinajstić information content (AvgIpc) is 2.29. The van der Waals surface area contributed by atoms with E-state index < -0.39 is 0 Å². The van der Waals surface area contributed by atoms with Crippen molar-refractivity contribution >= 4 is 0 Å². The third-order valence-electron chi connectivity index (χ3n) is 4.11. The third-order valence-corrected chi connectivity index (χ3v) is 4.11. The summed E-state index contributed by atoms with van der Waals surface area (Å²) < 4.78 is 5.28. The first kappa shape index (κ1) is 13.3. The smallest absolute Gasteiger partial charge is 0.0601 e. The highest BCUT2D eigenvalue weighted by Gasteiger charge is 2.27. The molecule has 1 saturated carbocycles. The molecule has 0 aromatic carbocycles. The van der Waals surface area contributed by atoms with Gasteiger partial charge in [-0.05, 0) is 39.4 Å². The van der Waals surface area contributed by atoms with Crippen LogP contribution in [-0.4, -0.2) is 75.4 Å². The number of rotatable bonds is 6. The van der Waals surface area contributed by atoms with E-state index in [9.17, 15) is 0 Å². The van der Waals surface area contributed by atoms with E-state index in [0.717, 1.165) is 6.54 Å². The molecule has 4 heteroatoms. The molecule has 2 fully saturated rings. The van der Waals surface area contributed by atoms with E-state index in [-0.39, 0.29) is 0 Å². The first-order chi connectivity index (χ1) is 8.28. The highest BCUT2D eigenvalue weighted by atomic mass is 16.5. The second kappa shape index (κ2) is 6.69. The number of nitrogens with zero attached hydrogens (tertiary/aromatic N) is 2. The summed E-state index contributed by atoms with van der Waals surface area (Å²) in [5.41, 5.74) is 0. The summed E-state index contributed by atoms with van der Waals surface area (Å²) in [6.07, 6.45) is 4.19. The molecule has 0 aromatic heterocycles. The Morgan fingerprint density at radius 1 is 1.18 bits per heavy atom. The first-order valence-electron chi connectivity index (χ1n) is 6.95. The van der Waals surface area contributed by atoms with Gasteiger partial charge in [0.25, 0.3) is 0 Å². The monoisotopic (exact) mass is 241 g/mol. The van der Waals surface area contributed by atoms with Gasteiger partial charge in [-0.15, -0.1) is 0 Å². The van der Waals surface area contributed by atoms with Crippen LogP contribution in [0.15, 0.2) is 0 Å². The number of piperazine rings is 1. The van der Waals surface area contributed by atoms with Crippen molar-refractivity contribution in [1.82, 2.24) is 15.1 Å². The molecule has 4 nitrogen and oxygen atoms in total. The molecule has 2 rings (SSSR count). The van der Waals surface area contributed by atoms with E-state index >= 15 is 0 Å². The van der Waals surface area contributed by atoms with E-state index in [4.69, 9.17) is 4.74 Å². The largest absolute Gasteiger partial charge is 0.381 e. The van der Waals surface area contributed by atoms with Gasteiger partial charge in [0, 0.05) is 39.3 Å². The minimum absolute atomic E-state index is 0.519. The number of hydrogen-bond acceptors (Lipinski definition) is 4. The van der Waals surface area contributed by atoms with Crippen LogP contribution in [0.4, 0.5) is 0 Å². The zero-order valence-electron chi connectivity index (χ0n) is 11.3. The third kappa shape index (κ3) is 4.21. The number of nitrogens with one attached hydrogen (secondary N) is 1. The minimum atomic E-state index is 0.519. The summed E-state index contributed by atoms with van der Waals surface area (Å²) in [7, 11) is 4.02. The van der Waals surface area contributed by atoms with Gasteiger partial charge in [-0.25, -0.2) is 0 Å². The summed E-state index contributed by atoms with van der Waals surface area (Å²) in [5.74, 6) is 0. The number of hydrogen-bond donors (Lipinski definition) is 1. The van der Waals surface area contributed by atoms with Crippen molar-refractivity contribution in [2.24, 2.45) is 0 Å². The maximum Gasteiger partial charge on any atom is 0.0601 e. The van der Waals surface area contributed by atoms with Crippen molar-refractivity contribution in [3.05, 3.63) is 0 Å². The lowest BCUT2D eigenvalue weighted by Gasteiger charge is -2.35. The summed E-state index contributed by atoms with van der Waals surface area (Å²) >= 11 is 0. The Hall–Kier alpha value is -0.160. The summed E-state index contributed by atoms with van der Waals surface area (Å²) in [6.45, 7) is 7.35. The Morgan fingerprint density at radius 3 is 2.53 bits per heavy atom. The molecule has 0 spiro atoms. The van der Waals surface area contributed by atoms with E-state index in [0.29, 0.717) is 12.1 Å². The fraction of sp³-hybridized carbons (Fsp3) is 1.00. The molecule has 0 bridgehead atoms. The number of likely N-dealkylation sites (N-methyl/N-ethyl adjacent to an activating group) is 1. The Morgan fingerprint density at radius 2 is 1.88 bits per heavy atom. The van der Waals surface area contributed by atoms with Crippen LogP contribution in [0.1, 0.15) is 19.3 Å². The van der Waals surface area contributed by atoms with Gasteiger partial charge in [0.2, 0.25) is 0 Å². The lowest BCUT2D eigenvalue weighted by molar-refractivity contribution is 0.0173. The van der Waals surface area contributed by atoms with Crippen LogP contribution < -0.4 is 5.32 Å². The second-order valence-electron chi connectivity index (χ2n) is 5.48. The lowest BCUT2D eigenvalue weighted by Crippen LogP contribution is -2.47. The Bertz CT molecular complexity index is 211. The van der Waals surface area contributed by atoms with Gasteiger partial charge in [-0.3, -0.25) is 0 Å². The maximum atomic E-state index is 5.28. The average molecular weight is 241 g/mol. The van der Waals surface area contributed by atoms with Crippen LogP contribution in [0.25, 0.3) is 0 Å². The molecule has 2 aliphatic rings. The van der Waals surface area contributed by atoms with Gasteiger partial charge in [0.15, 0.2) is 0 Å². The molecule has 17 heavy (non-hydrogen) atoms. The van der Waals surface area contributed by atoms with Gasteiger partial charge in [-0.2, -0.15) is 0 Å². The zero-order chi connectivity index (χ0) is 12.1. The zero-order valence-corrected chi connectivity index (χ0v) is 11.3. The molecule has 1 heterocycles. The van der Waals surface area contributed by atoms with Crippen molar-refractivity contribution in [1.29, 1.82) is 0 Å². The molecule has 100 valence electrons. The van der Waals surface area contributed by atoms with Gasteiger partial charge in [-0.1, -0.05) is 0 Å². The SMILES string of the molecule is COC1CC(NCCCN2CCN(C)CC2)C1.